The number of carbonyl (C=O) groups excluding carboxylic acids is 2. The van der Waals surface area contributed by atoms with Crippen molar-refractivity contribution in [1.82, 2.24) is 4.90 Å². The standard InChI is InChI=1S/C23H25N3O3S/c1-14-7-8-17-18(11-24)22(30-20(17)9-14)25-21(27)13-26-12-16-6-4-3-5-15(16)10-19(26)23(28)29-2/h3-6,14,19H,7-10,12-13H2,1-2H3,(H,25,27)/t14-,19-/m1/s1. The Morgan fingerprint density at radius 3 is 2.80 bits per heavy atom. The number of ether oxygens (including phenoxy) is 1. The summed E-state index contributed by atoms with van der Waals surface area (Å²) in [5.74, 6) is 0.0440. The monoisotopic (exact) mass is 423 g/mol. The Hall–Kier alpha value is -2.69. The van der Waals surface area contributed by atoms with E-state index in [1.807, 2.05) is 29.2 Å². The van der Waals surface area contributed by atoms with Gasteiger partial charge in [0.05, 0.1) is 19.2 Å². The number of anilines is 1. The molecule has 7 heteroatoms. The van der Waals surface area contributed by atoms with E-state index >= 15 is 0 Å². The van der Waals surface area contributed by atoms with Crippen molar-refractivity contribution in [3.05, 3.63) is 51.4 Å². The largest absolute Gasteiger partial charge is 0.468 e. The third kappa shape index (κ3) is 3.98. The topological polar surface area (TPSA) is 82.4 Å². The molecule has 1 aliphatic heterocycles. The second-order valence-electron chi connectivity index (χ2n) is 8.13. The molecule has 156 valence electrons. The first-order valence-corrected chi connectivity index (χ1v) is 11.0. The van der Waals surface area contributed by atoms with Crippen LogP contribution >= 0.6 is 11.3 Å². The summed E-state index contributed by atoms with van der Waals surface area (Å²) >= 11 is 1.52. The summed E-state index contributed by atoms with van der Waals surface area (Å²) in [6.45, 7) is 2.79. The lowest BCUT2D eigenvalue weighted by Crippen LogP contribution is -2.49. The average molecular weight is 424 g/mol. The van der Waals surface area contributed by atoms with Gasteiger partial charge in [-0.05, 0) is 48.3 Å². The molecule has 2 heterocycles. The molecule has 2 aromatic rings. The van der Waals surface area contributed by atoms with Crippen molar-refractivity contribution in [2.24, 2.45) is 5.92 Å². The number of esters is 1. The highest BCUT2D eigenvalue weighted by Crippen LogP contribution is 2.39. The number of methoxy groups -OCH3 is 1. The number of amides is 1. The van der Waals surface area contributed by atoms with Crippen LogP contribution in [0.2, 0.25) is 0 Å². The van der Waals surface area contributed by atoms with Crippen molar-refractivity contribution in [3.8, 4) is 6.07 Å². The minimum Gasteiger partial charge on any atom is -0.468 e. The zero-order valence-electron chi connectivity index (χ0n) is 17.2. The summed E-state index contributed by atoms with van der Waals surface area (Å²) in [6.07, 6.45) is 3.43. The molecule has 4 rings (SSSR count). The van der Waals surface area contributed by atoms with Crippen LogP contribution in [0.25, 0.3) is 0 Å². The Kier molecular flexibility index (Phi) is 5.89. The van der Waals surface area contributed by atoms with Gasteiger partial charge in [-0.3, -0.25) is 14.5 Å². The summed E-state index contributed by atoms with van der Waals surface area (Å²) in [4.78, 5) is 28.3. The van der Waals surface area contributed by atoms with E-state index in [9.17, 15) is 14.9 Å². The predicted molar refractivity (Wildman–Crippen MR) is 115 cm³/mol. The second kappa shape index (κ2) is 8.58. The summed E-state index contributed by atoms with van der Waals surface area (Å²) in [5, 5.41) is 13.2. The van der Waals surface area contributed by atoms with E-state index in [1.54, 1.807) is 0 Å². The number of thiophene rings is 1. The molecule has 0 fully saturated rings. The molecule has 1 N–H and O–H groups in total. The Balaban J connectivity index is 1.52. The van der Waals surface area contributed by atoms with Crippen LogP contribution in [0.1, 0.15) is 40.5 Å². The van der Waals surface area contributed by atoms with Gasteiger partial charge in [-0.25, -0.2) is 0 Å². The van der Waals surface area contributed by atoms with Crippen LogP contribution in [-0.2, 0) is 40.1 Å². The summed E-state index contributed by atoms with van der Waals surface area (Å²) in [6, 6.07) is 9.75. The van der Waals surface area contributed by atoms with Crippen LogP contribution in [0.15, 0.2) is 24.3 Å². The van der Waals surface area contributed by atoms with Gasteiger partial charge < -0.3 is 10.1 Å². The SMILES string of the molecule is COC(=O)[C@H]1Cc2ccccc2CN1CC(=O)Nc1sc2c(c1C#N)CC[C@@H](C)C2. The zero-order chi connectivity index (χ0) is 21.3. The summed E-state index contributed by atoms with van der Waals surface area (Å²) in [7, 11) is 1.37. The van der Waals surface area contributed by atoms with E-state index in [-0.39, 0.29) is 18.4 Å². The molecule has 0 unspecified atom stereocenters. The fraction of sp³-hybridized carbons (Fsp3) is 0.435. The minimum atomic E-state index is -0.497. The quantitative estimate of drug-likeness (QED) is 0.763. The highest BCUT2D eigenvalue weighted by Gasteiger charge is 2.33. The smallest absolute Gasteiger partial charge is 0.323 e. The van der Waals surface area contributed by atoms with Crippen molar-refractivity contribution < 1.29 is 14.3 Å². The van der Waals surface area contributed by atoms with Gasteiger partial charge in [-0.1, -0.05) is 31.2 Å². The number of hydrogen-bond acceptors (Lipinski definition) is 6. The molecule has 1 aromatic heterocycles. The number of nitrogens with one attached hydrogen (secondary N) is 1. The van der Waals surface area contributed by atoms with E-state index in [1.165, 1.54) is 23.3 Å². The first-order valence-electron chi connectivity index (χ1n) is 10.2. The molecule has 1 amide bonds. The number of hydrogen-bond donors (Lipinski definition) is 1. The maximum atomic E-state index is 12.9. The summed E-state index contributed by atoms with van der Waals surface area (Å²) < 4.78 is 4.98. The highest BCUT2D eigenvalue weighted by atomic mass is 32.1. The Morgan fingerprint density at radius 2 is 2.07 bits per heavy atom. The molecule has 1 aliphatic carbocycles. The predicted octanol–water partition coefficient (Wildman–Crippen LogP) is 3.28. The molecule has 6 nitrogen and oxygen atoms in total. The van der Waals surface area contributed by atoms with Gasteiger partial charge in [0.2, 0.25) is 5.91 Å². The van der Waals surface area contributed by atoms with Crippen molar-refractivity contribution in [2.45, 2.75) is 45.2 Å². The lowest BCUT2D eigenvalue weighted by atomic mass is 9.88. The maximum absolute atomic E-state index is 12.9. The molecule has 2 aliphatic rings. The van der Waals surface area contributed by atoms with Crippen molar-refractivity contribution >= 4 is 28.2 Å². The van der Waals surface area contributed by atoms with Crippen LogP contribution in [0.5, 0.6) is 0 Å². The Bertz CT molecular complexity index is 1020. The molecule has 0 radical (unpaired) electrons. The van der Waals surface area contributed by atoms with Gasteiger partial charge in [0, 0.05) is 11.4 Å². The van der Waals surface area contributed by atoms with Gasteiger partial charge in [-0.15, -0.1) is 11.3 Å². The minimum absolute atomic E-state index is 0.0674. The number of nitriles is 1. The van der Waals surface area contributed by atoms with Gasteiger partial charge in [0.25, 0.3) is 0 Å². The van der Waals surface area contributed by atoms with Crippen LogP contribution in [0, 0.1) is 17.2 Å². The molecule has 0 spiro atoms. The molecular weight excluding hydrogens is 398 g/mol. The fourth-order valence-electron chi connectivity index (χ4n) is 4.42. The molecule has 1 aromatic carbocycles. The molecular formula is C23H25N3O3S. The Morgan fingerprint density at radius 1 is 1.30 bits per heavy atom. The van der Waals surface area contributed by atoms with E-state index in [0.717, 1.165) is 36.0 Å². The molecule has 2 atom stereocenters. The number of benzene rings is 1. The second-order valence-corrected chi connectivity index (χ2v) is 9.24. The normalized spacial score (nSPS) is 20.6. The van der Waals surface area contributed by atoms with Crippen LogP contribution < -0.4 is 5.32 Å². The number of rotatable bonds is 4. The maximum Gasteiger partial charge on any atom is 0.323 e. The summed E-state index contributed by atoms with van der Waals surface area (Å²) in [5.41, 5.74) is 3.92. The van der Waals surface area contributed by atoms with Crippen molar-refractivity contribution in [2.75, 3.05) is 19.0 Å². The van der Waals surface area contributed by atoms with Crippen molar-refractivity contribution in [1.29, 1.82) is 5.26 Å². The Labute approximate surface area is 180 Å². The van der Waals surface area contributed by atoms with E-state index < -0.39 is 6.04 Å². The number of nitrogens with zero attached hydrogens (tertiary/aromatic N) is 2. The third-order valence-electron chi connectivity index (χ3n) is 6.04. The number of carbonyl (C=O) groups is 2. The van der Waals surface area contributed by atoms with E-state index in [0.29, 0.717) is 29.4 Å². The molecule has 0 bridgehead atoms. The molecule has 0 saturated carbocycles. The van der Waals surface area contributed by atoms with Gasteiger partial charge in [0.1, 0.15) is 17.1 Å². The lowest BCUT2D eigenvalue weighted by Gasteiger charge is -2.34. The van der Waals surface area contributed by atoms with Crippen LogP contribution in [0.3, 0.4) is 0 Å². The van der Waals surface area contributed by atoms with E-state index in [2.05, 4.69) is 18.3 Å². The van der Waals surface area contributed by atoms with E-state index in [4.69, 9.17) is 4.74 Å². The van der Waals surface area contributed by atoms with Gasteiger partial charge >= 0.3 is 5.97 Å². The zero-order valence-corrected chi connectivity index (χ0v) is 18.1. The van der Waals surface area contributed by atoms with Gasteiger partial charge in [-0.2, -0.15) is 5.26 Å². The third-order valence-corrected chi connectivity index (χ3v) is 7.21. The average Bonchev–Trinajstić information content (AvgIpc) is 3.08. The number of fused-ring (bicyclic) bond motifs is 2. The fourth-order valence-corrected chi connectivity index (χ4v) is 5.80. The molecule has 0 saturated heterocycles. The lowest BCUT2D eigenvalue weighted by molar-refractivity contribution is -0.148. The van der Waals surface area contributed by atoms with Gasteiger partial charge in [0.15, 0.2) is 0 Å². The molecule has 30 heavy (non-hydrogen) atoms. The van der Waals surface area contributed by atoms with Crippen LogP contribution in [0.4, 0.5) is 5.00 Å². The highest BCUT2D eigenvalue weighted by molar-refractivity contribution is 7.16. The first-order chi connectivity index (χ1) is 14.5. The van der Waals surface area contributed by atoms with Crippen molar-refractivity contribution in [3.63, 3.8) is 0 Å². The van der Waals surface area contributed by atoms with Crippen LogP contribution in [-0.4, -0.2) is 36.5 Å². The first kappa shape index (κ1) is 20.6.